The molecule has 1 amide bonds. The lowest BCUT2D eigenvalue weighted by Crippen LogP contribution is -2.26. The SMILES string of the molecule is CSc1nnc(CCCNC(=O)c2cc(Cl)c(Cl)n2C)n1CC(C)C. The molecule has 0 radical (unpaired) electrons. The Morgan fingerprint density at radius 3 is 2.64 bits per heavy atom. The summed E-state index contributed by atoms with van der Waals surface area (Å²) in [6.07, 6.45) is 3.54. The maximum atomic E-state index is 12.2. The molecule has 6 nitrogen and oxygen atoms in total. The van der Waals surface area contributed by atoms with Gasteiger partial charge in [0.15, 0.2) is 5.16 Å². The van der Waals surface area contributed by atoms with Crippen molar-refractivity contribution in [2.24, 2.45) is 13.0 Å². The monoisotopic (exact) mass is 403 g/mol. The summed E-state index contributed by atoms with van der Waals surface area (Å²) in [5.41, 5.74) is 0.447. The van der Waals surface area contributed by atoms with Gasteiger partial charge in [-0.25, -0.2) is 0 Å². The molecule has 0 fully saturated rings. The van der Waals surface area contributed by atoms with Crippen molar-refractivity contribution in [3.63, 3.8) is 0 Å². The lowest BCUT2D eigenvalue weighted by molar-refractivity contribution is 0.0945. The highest BCUT2D eigenvalue weighted by atomic mass is 35.5. The van der Waals surface area contributed by atoms with Gasteiger partial charge in [0.05, 0.1) is 5.02 Å². The number of carbonyl (C=O) groups is 1. The third kappa shape index (κ3) is 4.92. The Labute approximate surface area is 162 Å². The smallest absolute Gasteiger partial charge is 0.267 e. The lowest BCUT2D eigenvalue weighted by Gasteiger charge is -2.12. The van der Waals surface area contributed by atoms with Crippen LogP contribution in [0, 0.1) is 5.92 Å². The molecular formula is C16H23Cl2N5OS. The number of aryl methyl sites for hydroxylation is 1. The first-order valence-corrected chi connectivity index (χ1v) is 10.1. The number of nitrogens with zero attached hydrogens (tertiary/aromatic N) is 4. The van der Waals surface area contributed by atoms with E-state index in [0.29, 0.717) is 28.3 Å². The topological polar surface area (TPSA) is 64.7 Å². The summed E-state index contributed by atoms with van der Waals surface area (Å²) in [6.45, 7) is 5.78. The normalized spacial score (nSPS) is 11.3. The van der Waals surface area contributed by atoms with Gasteiger partial charge in [0.2, 0.25) is 0 Å². The first-order chi connectivity index (χ1) is 11.8. The zero-order valence-corrected chi connectivity index (χ0v) is 17.2. The molecule has 0 aromatic carbocycles. The molecule has 0 saturated carbocycles. The predicted octanol–water partition coefficient (Wildman–Crippen LogP) is 3.66. The van der Waals surface area contributed by atoms with Gasteiger partial charge in [-0.1, -0.05) is 48.8 Å². The van der Waals surface area contributed by atoms with Crippen LogP contribution in [0.2, 0.25) is 10.2 Å². The second-order valence-corrected chi connectivity index (χ2v) is 7.73. The molecule has 2 rings (SSSR count). The van der Waals surface area contributed by atoms with Crippen LogP contribution < -0.4 is 5.32 Å². The second kappa shape index (κ2) is 8.96. The van der Waals surface area contributed by atoms with Crippen molar-refractivity contribution in [2.45, 2.75) is 38.4 Å². The summed E-state index contributed by atoms with van der Waals surface area (Å²) in [5, 5.41) is 13.1. The summed E-state index contributed by atoms with van der Waals surface area (Å²) in [5.74, 6) is 1.29. The van der Waals surface area contributed by atoms with E-state index in [9.17, 15) is 4.79 Å². The molecular weight excluding hydrogens is 381 g/mol. The van der Waals surface area contributed by atoms with Crippen LogP contribution in [0.25, 0.3) is 0 Å². The molecule has 138 valence electrons. The molecule has 0 aliphatic heterocycles. The third-order valence-corrected chi connectivity index (χ3v) is 5.24. The Kier molecular flexibility index (Phi) is 7.22. The largest absolute Gasteiger partial charge is 0.351 e. The molecule has 2 heterocycles. The Morgan fingerprint density at radius 2 is 2.08 bits per heavy atom. The van der Waals surface area contributed by atoms with Crippen LogP contribution in [-0.2, 0) is 20.0 Å². The number of rotatable bonds is 8. The predicted molar refractivity (Wildman–Crippen MR) is 103 cm³/mol. The Morgan fingerprint density at radius 1 is 1.36 bits per heavy atom. The molecule has 25 heavy (non-hydrogen) atoms. The minimum absolute atomic E-state index is 0.190. The van der Waals surface area contributed by atoms with E-state index in [1.807, 2.05) is 6.26 Å². The zero-order valence-electron chi connectivity index (χ0n) is 14.8. The number of hydrogen-bond acceptors (Lipinski definition) is 4. The number of thioether (sulfide) groups is 1. The Bertz CT molecular complexity index is 741. The minimum Gasteiger partial charge on any atom is -0.351 e. The van der Waals surface area contributed by atoms with Gasteiger partial charge >= 0.3 is 0 Å². The Balaban J connectivity index is 1.90. The maximum Gasteiger partial charge on any atom is 0.267 e. The van der Waals surface area contributed by atoms with Gasteiger partial charge in [-0.3, -0.25) is 4.79 Å². The number of hydrogen-bond donors (Lipinski definition) is 1. The van der Waals surface area contributed by atoms with Gasteiger partial charge in [0.1, 0.15) is 16.7 Å². The molecule has 0 unspecified atom stereocenters. The summed E-state index contributed by atoms with van der Waals surface area (Å²) in [6, 6.07) is 1.57. The average molecular weight is 404 g/mol. The number of amides is 1. The Hall–Kier alpha value is -1.18. The number of halogens is 2. The van der Waals surface area contributed by atoms with E-state index in [1.165, 1.54) is 0 Å². The maximum absolute atomic E-state index is 12.2. The molecule has 9 heteroatoms. The highest BCUT2D eigenvalue weighted by Crippen LogP contribution is 2.25. The average Bonchev–Trinajstić information content (AvgIpc) is 3.06. The fraction of sp³-hybridized carbons (Fsp3) is 0.562. The van der Waals surface area contributed by atoms with Gasteiger partial charge in [-0.15, -0.1) is 10.2 Å². The van der Waals surface area contributed by atoms with Gasteiger partial charge in [0, 0.05) is 26.6 Å². The molecule has 0 aliphatic rings. The highest BCUT2D eigenvalue weighted by Gasteiger charge is 2.16. The van der Waals surface area contributed by atoms with Crippen LogP contribution in [0.1, 0.15) is 36.6 Å². The van der Waals surface area contributed by atoms with Crippen molar-refractivity contribution in [3.05, 3.63) is 27.8 Å². The molecule has 0 aliphatic carbocycles. The van der Waals surface area contributed by atoms with E-state index >= 15 is 0 Å². The van der Waals surface area contributed by atoms with Gasteiger partial charge in [-0.2, -0.15) is 0 Å². The summed E-state index contributed by atoms with van der Waals surface area (Å²) < 4.78 is 3.73. The molecule has 0 saturated heterocycles. The van der Waals surface area contributed by atoms with E-state index in [2.05, 4.69) is 33.9 Å². The van der Waals surface area contributed by atoms with Crippen LogP contribution in [-0.4, -0.2) is 38.0 Å². The first-order valence-electron chi connectivity index (χ1n) is 8.10. The quantitative estimate of drug-likeness (QED) is 0.539. The molecule has 2 aromatic rings. The number of carbonyl (C=O) groups excluding carboxylic acids is 1. The summed E-state index contributed by atoms with van der Waals surface area (Å²) in [7, 11) is 1.71. The van der Waals surface area contributed by atoms with Gasteiger partial charge in [0.25, 0.3) is 5.91 Å². The zero-order chi connectivity index (χ0) is 18.6. The van der Waals surface area contributed by atoms with Gasteiger partial charge < -0.3 is 14.5 Å². The molecule has 2 aromatic heterocycles. The van der Waals surface area contributed by atoms with E-state index < -0.39 is 0 Å². The third-order valence-electron chi connectivity index (χ3n) is 3.74. The van der Waals surface area contributed by atoms with Crippen molar-refractivity contribution in [3.8, 4) is 0 Å². The number of aromatic nitrogens is 4. The summed E-state index contributed by atoms with van der Waals surface area (Å²) in [4.78, 5) is 12.2. The number of nitrogens with one attached hydrogen (secondary N) is 1. The second-order valence-electron chi connectivity index (χ2n) is 6.19. The molecule has 1 N–H and O–H groups in total. The van der Waals surface area contributed by atoms with Crippen LogP contribution in [0.4, 0.5) is 0 Å². The van der Waals surface area contributed by atoms with Crippen molar-refractivity contribution in [1.29, 1.82) is 0 Å². The van der Waals surface area contributed by atoms with E-state index in [0.717, 1.165) is 30.4 Å². The van der Waals surface area contributed by atoms with Crippen molar-refractivity contribution < 1.29 is 4.79 Å². The van der Waals surface area contributed by atoms with E-state index in [4.69, 9.17) is 23.2 Å². The van der Waals surface area contributed by atoms with E-state index in [1.54, 1.807) is 29.4 Å². The van der Waals surface area contributed by atoms with Crippen LogP contribution in [0.3, 0.4) is 0 Å². The van der Waals surface area contributed by atoms with Crippen LogP contribution in [0.15, 0.2) is 11.2 Å². The fourth-order valence-electron chi connectivity index (χ4n) is 2.50. The molecule has 0 spiro atoms. The van der Waals surface area contributed by atoms with Gasteiger partial charge in [-0.05, 0) is 24.7 Å². The van der Waals surface area contributed by atoms with Crippen molar-refractivity contribution in [2.75, 3.05) is 12.8 Å². The first kappa shape index (κ1) is 20.1. The standard InChI is InChI=1S/C16H23Cl2N5OS/c1-10(2)9-23-13(20-21-16(23)25-4)6-5-7-19-15(24)12-8-11(17)14(18)22(12)3/h8,10H,5-7,9H2,1-4H3,(H,19,24). The minimum atomic E-state index is -0.190. The highest BCUT2D eigenvalue weighted by molar-refractivity contribution is 7.98. The molecule has 0 bridgehead atoms. The van der Waals surface area contributed by atoms with Crippen LogP contribution in [0.5, 0.6) is 0 Å². The summed E-state index contributed by atoms with van der Waals surface area (Å²) >= 11 is 13.5. The van der Waals surface area contributed by atoms with Crippen molar-refractivity contribution in [1.82, 2.24) is 24.6 Å². The fourth-order valence-corrected chi connectivity index (χ4v) is 3.40. The van der Waals surface area contributed by atoms with E-state index in [-0.39, 0.29) is 5.91 Å². The van der Waals surface area contributed by atoms with Crippen LogP contribution >= 0.6 is 35.0 Å². The molecule has 0 atom stereocenters. The van der Waals surface area contributed by atoms with Crippen molar-refractivity contribution >= 4 is 40.9 Å². The lowest BCUT2D eigenvalue weighted by atomic mass is 10.2.